The second-order valence-electron chi connectivity index (χ2n) is 9.95. The van der Waals surface area contributed by atoms with Gasteiger partial charge in [0.05, 0.1) is 23.9 Å². The van der Waals surface area contributed by atoms with Crippen LogP contribution in [0.5, 0.6) is 0 Å². The molecule has 3 N–H and O–H groups in total. The Morgan fingerprint density at radius 3 is 2.40 bits per heavy atom. The molecule has 0 saturated carbocycles. The van der Waals surface area contributed by atoms with E-state index in [1.807, 2.05) is 13.8 Å². The highest BCUT2D eigenvalue weighted by molar-refractivity contribution is 5.96. The third-order valence-corrected chi connectivity index (χ3v) is 6.33. The first kappa shape index (κ1) is 27.4. The topological polar surface area (TPSA) is 88.2 Å². The van der Waals surface area contributed by atoms with E-state index in [9.17, 15) is 27.9 Å². The number of hydrogen-bond donors (Lipinski definition) is 3. The minimum atomic E-state index is -4.54. The molecular weight excluding hydrogens is 463 g/mol. The van der Waals surface area contributed by atoms with Crippen molar-refractivity contribution in [2.75, 3.05) is 58.9 Å². The van der Waals surface area contributed by atoms with Crippen molar-refractivity contribution in [1.82, 2.24) is 25.3 Å². The molecule has 0 radical (unpaired) electrons. The fourth-order valence-electron chi connectivity index (χ4n) is 4.58. The number of carbonyl (C=O) groups is 2. The van der Waals surface area contributed by atoms with E-state index in [0.29, 0.717) is 6.54 Å². The Morgan fingerprint density at radius 2 is 1.74 bits per heavy atom. The van der Waals surface area contributed by atoms with Crippen molar-refractivity contribution >= 4 is 11.8 Å². The standard InChI is InChI=1S/C24H36F3N5O3/c1-23(2,35)17-31-11-9-30(10-12-31)13-14-32-8-4-7-20(32)29-21(33)16-28-22(34)18-5-3-6-19(15-18)24(25,26)27/h3,5-6,15,20,35H,4,7-14,16-17H2,1-2H3,(H,28,34)(H,29,33). The van der Waals surface area contributed by atoms with E-state index in [1.165, 1.54) is 12.1 Å². The minimum absolute atomic E-state index is 0.121. The first-order valence-electron chi connectivity index (χ1n) is 12.1. The highest BCUT2D eigenvalue weighted by atomic mass is 19.4. The van der Waals surface area contributed by atoms with E-state index < -0.39 is 23.2 Å². The Bertz CT molecular complexity index is 867. The van der Waals surface area contributed by atoms with Crippen molar-refractivity contribution < 1.29 is 27.9 Å². The van der Waals surface area contributed by atoms with Crippen LogP contribution >= 0.6 is 0 Å². The molecule has 2 saturated heterocycles. The molecule has 35 heavy (non-hydrogen) atoms. The number of β-amino-alcohol motifs (C(OH)–C–C–N with tert-alkyl or cyclic N) is 1. The zero-order valence-corrected chi connectivity index (χ0v) is 20.4. The second-order valence-corrected chi connectivity index (χ2v) is 9.95. The molecule has 2 aliphatic rings. The number of aliphatic hydroxyl groups is 1. The molecule has 2 heterocycles. The van der Waals surface area contributed by atoms with Gasteiger partial charge in [0, 0.05) is 57.9 Å². The summed E-state index contributed by atoms with van der Waals surface area (Å²) < 4.78 is 38.6. The van der Waals surface area contributed by atoms with Crippen molar-refractivity contribution in [2.24, 2.45) is 0 Å². The lowest BCUT2D eigenvalue weighted by Crippen LogP contribution is -2.53. The second kappa shape index (κ2) is 11.7. The van der Waals surface area contributed by atoms with Crippen LogP contribution in [0, 0.1) is 0 Å². The summed E-state index contributed by atoms with van der Waals surface area (Å²) in [7, 11) is 0. The van der Waals surface area contributed by atoms with Gasteiger partial charge < -0.3 is 15.7 Å². The molecule has 196 valence electrons. The minimum Gasteiger partial charge on any atom is -0.389 e. The van der Waals surface area contributed by atoms with E-state index in [0.717, 1.165) is 70.8 Å². The Hall–Kier alpha value is -2.21. The number of nitrogens with zero attached hydrogens (tertiary/aromatic N) is 3. The van der Waals surface area contributed by atoms with Crippen LogP contribution in [0.25, 0.3) is 0 Å². The predicted octanol–water partition coefficient (Wildman–Crippen LogP) is 1.36. The lowest BCUT2D eigenvalue weighted by atomic mass is 10.1. The molecular formula is C24H36F3N5O3. The number of halogens is 3. The van der Waals surface area contributed by atoms with Crippen LogP contribution in [0.1, 0.15) is 42.6 Å². The predicted molar refractivity (Wildman–Crippen MR) is 126 cm³/mol. The lowest BCUT2D eigenvalue weighted by molar-refractivity contribution is -0.137. The Balaban J connectivity index is 1.39. The summed E-state index contributed by atoms with van der Waals surface area (Å²) >= 11 is 0. The maximum absolute atomic E-state index is 12.9. The van der Waals surface area contributed by atoms with Gasteiger partial charge in [-0.2, -0.15) is 13.2 Å². The lowest BCUT2D eigenvalue weighted by Gasteiger charge is -2.38. The van der Waals surface area contributed by atoms with Gasteiger partial charge in [-0.15, -0.1) is 0 Å². The summed E-state index contributed by atoms with van der Waals surface area (Å²) in [6.07, 6.45) is -2.89. The molecule has 0 aromatic heterocycles. The number of nitrogens with one attached hydrogen (secondary N) is 2. The van der Waals surface area contributed by atoms with Gasteiger partial charge in [-0.1, -0.05) is 6.07 Å². The van der Waals surface area contributed by atoms with Crippen LogP contribution in [-0.2, 0) is 11.0 Å². The summed E-state index contributed by atoms with van der Waals surface area (Å²) in [5, 5.41) is 15.3. The number of piperazine rings is 1. The van der Waals surface area contributed by atoms with Crippen LogP contribution in [0.4, 0.5) is 13.2 Å². The smallest absolute Gasteiger partial charge is 0.389 e. The molecule has 0 aliphatic carbocycles. The first-order valence-corrected chi connectivity index (χ1v) is 12.1. The highest BCUT2D eigenvalue weighted by Crippen LogP contribution is 2.29. The molecule has 2 amide bonds. The Kier molecular flexibility index (Phi) is 9.14. The van der Waals surface area contributed by atoms with Gasteiger partial charge in [-0.25, -0.2) is 0 Å². The molecule has 8 nitrogen and oxygen atoms in total. The number of hydrogen-bond acceptors (Lipinski definition) is 6. The number of likely N-dealkylation sites (tertiary alicyclic amines) is 1. The summed E-state index contributed by atoms with van der Waals surface area (Å²) in [6.45, 7) is 10.3. The summed E-state index contributed by atoms with van der Waals surface area (Å²) in [6, 6.07) is 4.12. The van der Waals surface area contributed by atoms with E-state index >= 15 is 0 Å². The number of rotatable bonds is 9. The van der Waals surface area contributed by atoms with Crippen molar-refractivity contribution in [3.05, 3.63) is 35.4 Å². The average Bonchev–Trinajstić information content (AvgIpc) is 3.22. The zero-order chi connectivity index (χ0) is 25.6. The van der Waals surface area contributed by atoms with Crippen LogP contribution in [0.15, 0.2) is 24.3 Å². The normalized spacial score (nSPS) is 20.7. The Morgan fingerprint density at radius 1 is 1.06 bits per heavy atom. The van der Waals surface area contributed by atoms with E-state index in [2.05, 4.69) is 25.3 Å². The maximum Gasteiger partial charge on any atom is 0.416 e. The molecule has 1 atom stereocenters. The maximum atomic E-state index is 12.9. The van der Waals surface area contributed by atoms with Gasteiger partial charge in [0.15, 0.2) is 0 Å². The van der Waals surface area contributed by atoms with Crippen LogP contribution < -0.4 is 10.6 Å². The Labute approximate surface area is 204 Å². The van der Waals surface area contributed by atoms with Gasteiger partial charge >= 0.3 is 6.18 Å². The largest absolute Gasteiger partial charge is 0.416 e. The molecule has 1 aromatic carbocycles. The van der Waals surface area contributed by atoms with Crippen molar-refractivity contribution in [1.29, 1.82) is 0 Å². The monoisotopic (exact) mass is 499 g/mol. The molecule has 11 heteroatoms. The zero-order valence-electron chi connectivity index (χ0n) is 20.4. The van der Waals surface area contributed by atoms with Crippen LogP contribution in [-0.4, -0.2) is 102 Å². The van der Waals surface area contributed by atoms with Crippen molar-refractivity contribution in [2.45, 2.75) is 44.6 Å². The van der Waals surface area contributed by atoms with Crippen LogP contribution in [0.2, 0.25) is 0 Å². The first-order chi connectivity index (χ1) is 16.4. The SMILES string of the molecule is CC(C)(O)CN1CCN(CCN2CCCC2NC(=O)CNC(=O)c2cccc(C(F)(F)F)c2)CC1. The van der Waals surface area contributed by atoms with Gasteiger partial charge in [0.2, 0.25) is 5.91 Å². The van der Waals surface area contributed by atoms with Gasteiger partial charge in [-0.3, -0.25) is 24.3 Å². The quantitative estimate of drug-likeness (QED) is 0.476. The number of alkyl halides is 3. The third-order valence-electron chi connectivity index (χ3n) is 6.33. The highest BCUT2D eigenvalue weighted by Gasteiger charge is 2.31. The molecule has 3 rings (SSSR count). The third kappa shape index (κ3) is 8.75. The molecule has 2 fully saturated rings. The average molecular weight is 500 g/mol. The number of benzene rings is 1. The summed E-state index contributed by atoms with van der Waals surface area (Å²) in [5.74, 6) is -1.10. The van der Waals surface area contributed by atoms with E-state index in [4.69, 9.17) is 0 Å². The molecule has 1 aromatic rings. The van der Waals surface area contributed by atoms with Crippen molar-refractivity contribution in [3.8, 4) is 0 Å². The van der Waals surface area contributed by atoms with E-state index in [-0.39, 0.29) is 24.2 Å². The fraction of sp³-hybridized carbons (Fsp3) is 0.667. The van der Waals surface area contributed by atoms with Gasteiger partial charge in [0.25, 0.3) is 5.91 Å². The fourth-order valence-corrected chi connectivity index (χ4v) is 4.58. The van der Waals surface area contributed by atoms with Crippen LogP contribution in [0.3, 0.4) is 0 Å². The number of amides is 2. The molecule has 1 unspecified atom stereocenters. The van der Waals surface area contributed by atoms with E-state index in [1.54, 1.807) is 0 Å². The molecule has 2 aliphatic heterocycles. The molecule has 0 spiro atoms. The molecule has 0 bridgehead atoms. The summed E-state index contributed by atoms with van der Waals surface area (Å²) in [4.78, 5) is 31.5. The van der Waals surface area contributed by atoms with Gasteiger partial charge in [-0.05, 0) is 44.9 Å². The van der Waals surface area contributed by atoms with Gasteiger partial charge in [0.1, 0.15) is 0 Å². The summed E-state index contributed by atoms with van der Waals surface area (Å²) in [5.41, 5.74) is -1.75. The number of carbonyl (C=O) groups excluding carboxylic acids is 2. The van der Waals surface area contributed by atoms with Crippen molar-refractivity contribution in [3.63, 3.8) is 0 Å².